The standard InChI is InChI=1S/C17H17FN2O4/c1-17(2,3)14-13(21)12-9-5-4-8(18)6-10(9)15(22)19-11(12)7-20(14)16(23)24/h4-6,14H,7H2,1-3H3,(H,19,22)(H,23,24). The molecule has 1 atom stereocenters. The van der Waals surface area contributed by atoms with Crippen molar-refractivity contribution < 1.29 is 19.1 Å². The van der Waals surface area contributed by atoms with Crippen molar-refractivity contribution in [3.8, 4) is 0 Å². The molecule has 3 rings (SSSR count). The minimum Gasteiger partial charge on any atom is -0.465 e. The number of halogens is 1. The molecule has 1 aliphatic heterocycles. The largest absolute Gasteiger partial charge is 0.465 e. The van der Waals surface area contributed by atoms with Gasteiger partial charge in [0.1, 0.15) is 11.9 Å². The number of hydrogen-bond acceptors (Lipinski definition) is 3. The smallest absolute Gasteiger partial charge is 0.408 e. The number of carboxylic acid groups (broad SMARTS) is 1. The van der Waals surface area contributed by atoms with E-state index in [1.165, 1.54) is 12.1 Å². The monoisotopic (exact) mass is 332 g/mol. The average Bonchev–Trinajstić information content (AvgIpc) is 2.45. The number of aromatic nitrogens is 1. The number of hydrogen-bond donors (Lipinski definition) is 2. The predicted molar refractivity (Wildman–Crippen MR) is 85.7 cm³/mol. The minimum atomic E-state index is -1.23. The number of amides is 1. The van der Waals surface area contributed by atoms with Gasteiger partial charge in [-0.2, -0.15) is 0 Å². The van der Waals surface area contributed by atoms with Gasteiger partial charge in [-0.3, -0.25) is 14.5 Å². The third kappa shape index (κ3) is 2.36. The molecule has 0 radical (unpaired) electrons. The molecule has 0 saturated carbocycles. The van der Waals surface area contributed by atoms with Crippen molar-refractivity contribution in [2.24, 2.45) is 5.41 Å². The van der Waals surface area contributed by atoms with Gasteiger partial charge in [0.05, 0.1) is 11.9 Å². The van der Waals surface area contributed by atoms with Crippen LogP contribution in [0.1, 0.15) is 36.8 Å². The van der Waals surface area contributed by atoms with Crippen molar-refractivity contribution in [2.75, 3.05) is 0 Å². The molecular formula is C17H17FN2O4. The van der Waals surface area contributed by atoms with Gasteiger partial charge in [-0.25, -0.2) is 9.18 Å². The molecule has 0 bridgehead atoms. The van der Waals surface area contributed by atoms with Gasteiger partial charge in [0.15, 0.2) is 5.78 Å². The summed E-state index contributed by atoms with van der Waals surface area (Å²) < 4.78 is 13.5. The quantitative estimate of drug-likeness (QED) is 0.776. The minimum absolute atomic E-state index is 0.0820. The van der Waals surface area contributed by atoms with Gasteiger partial charge >= 0.3 is 6.09 Å². The van der Waals surface area contributed by atoms with E-state index in [2.05, 4.69) is 4.98 Å². The Morgan fingerprint density at radius 3 is 2.54 bits per heavy atom. The number of aromatic amines is 1. The zero-order chi connectivity index (χ0) is 17.8. The van der Waals surface area contributed by atoms with Crippen molar-refractivity contribution in [3.63, 3.8) is 0 Å². The molecule has 0 aliphatic carbocycles. The van der Waals surface area contributed by atoms with E-state index in [-0.39, 0.29) is 29.0 Å². The van der Waals surface area contributed by atoms with Crippen LogP contribution in [0.25, 0.3) is 10.8 Å². The molecule has 2 aromatic rings. The third-order valence-electron chi connectivity index (χ3n) is 4.26. The molecule has 6 nitrogen and oxygen atoms in total. The third-order valence-corrected chi connectivity index (χ3v) is 4.26. The average molecular weight is 332 g/mol. The van der Waals surface area contributed by atoms with Crippen LogP contribution in [0, 0.1) is 11.2 Å². The first kappa shape index (κ1) is 16.2. The Morgan fingerprint density at radius 2 is 1.96 bits per heavy atom. The number of carbonyl (C=O) groups is 2. The Labute approximate surface area is 136 Å². The molecule has 2 heterocycles. The highest BCUT2D eigenvalue weighted by Crippen LogP contribution is 2.35. The molecule has 7 heteroatoms. The Morgan fingerprint density at radius 1 is 1.29 bits per heavy atom. The van der Waals surface area contributed by atoms with Gasteiger partial charge in [0.25, 0.3) is 5.56 Å². The summed E-state index contributed by atoms with van der Waals surface area (Å²) in [5, 5.41) is 9.90. The van der Waals surface area contributed by atoms with Gasteiger partial charge in [-0.1, -0.05) is 26.8 Å². The van der Waals surface area contributed by atoms with Crippen LogP contribution in [0.5, 0.6) is 0 Å². The number of nitrogens with zero attached hydrogens (tertiary/aromatic N) is 1. The molecule has 0 spiro atoms. The topological polar surface area (TPSA) is 90.5 Å². The summed E-state index contributed by atoms with van der Waals surface area (Å²) in [7, 11) is 0. The zero-order valence-corrected chi connectivity index (χ0v) is 13.5. The number of pyridine rings is 1. The summed E-state index contributed by atoms with van der Waals surface area (Å²) in [5.41, 5.74) is -0.667. The molecule has 1 amide bonds. The molecule has 24 heavy (non-hydrogen) atoms. The summed E-state index contributed by atoms with van der Waals surface area (Å²) in [5.74, 6) is -0.963. The van der Waals surface area contributed by atoms with E-state index in [1.807, 2.05) is 0 Å². The Bertz CT molecular complexity index is 927. The first-order valence-corrected chi connectivity index (χ1v) is 7.49. The SMILES string of the molecule is CC(C)(C)C1C(=O)c2c([nH]c(=O)c3cc(F)ccc23)CN1C(=O)O. The van der Waals surface area contributed by atoms with Crippen molar-refractivity contribution >= 4 is 22.6 Å². The van der Waals surface area contributed by atoms with Gasteiger partial charge in [-0.05, 0) is 17.5 Å². The Balaban J connectivity index is 2.33. The molecular weight excluding hydrogens is 315 g/mol. The molecule has 0 saturated heterocycles. The van der Waals surface area contributed by atoms with E-state index >= 15 is 0 Å². The molecule has 1 aromatic carbocycles. The van der Waals surface area contributed by atoms with E-state index in [0.717, 1.165) is 11.0 Å². The molecule has 0 fully saturated rings. The van der Waals surface area contributed by atoms with Crippen molar-refractivity contribution in [3.05, 3.63) is 45.6 Å². The van der Waals surface area contributed by atoms with Crippen LogP contribution >= 0.6 is 0 Å². The highest BCUT2D eigenvalue weighted by atomic mass is 19.1. The van der Waals surface area contributed by atoms with E-state index < -0.39 is 28.9 Å². The summed E-state index contributed by atoms with van der Waals surface area (Å²) in [4.78, 5) is 40.4. The summed E-state index contributed by atoms with van der Waals surface area (Å²) in [6, 6.07) is 2.77. The fourth-order valence-electron chi connectivity index (χ4n) is 3.33. The maximum atomic E-state index is 13.5. The highest BCUT2D eigenvalue weighted by Gasteiger charge is 2.44. The lowest BCUT2D eigenvalue weighted by atomic mass is 9.78. The number of rotatable bonds is 0. The van der Waals surface area contributed by atoms with Crippen LogP contribution in [0.2, 0.25) is 0 Å². The maximum absolute atomic E-state index is 13.5. The van der Waals surface area contributed by atoms with E-state index in [1.54, 1.807) is 20.8 Å². The molecule has 1 aromatic heterocycles. The van der Waals surface area contributed by atoms with Crippen LogP contribution in [0.15, 0.2) is 23.0 Å². The lowest BCUT2D eigenvalue weighted by molar-refractivity contribution is 0.0509. The van der Waals surface area contributed by atoms with Crippen LogP contribution in [0.4, 0.5) is 9.18 Å². The second kappa shape index (κ2) is 5.15. The van der Waals surface area contributed by atoms with Crippen LogP contribution in [0.3, 0.4) is 0 Å². The fraction of sp³-hybridized carbons (Fsp3) is 0.353. The van der Waals surface area contributed by atoms with E-state index in [9.17, 15) is 23.9 Å². The lowest BCUT2D eigenvalue weighted by Crippen LogP contribution is -2.54. The molecule has 1 unspecified atom stereocenters. The summed E-state index contributed by atoms with van der Waals surface area (Å²) in [6.45, 7) is 5.25. The Hall–Kier alpha value is -2.70. The molecule has 126 valence electrons. The number of Topliss-reactive ketones (excluding diaryl/α,β-unsaturated/α-hetero) is 1. The van der Waals surface area contributed by atoms with E-state index in [0.29, 0.717) is 5.39 Å². The lowest BCUT2D eigenvalue weighted by Gasteiger charge is -2.41. The van der Waals surface area contributed by atoms with E-state index in [4.69, 9.17) is 0 Å². The van der Waals surface area contributed by atoms with Gasteiger partial charge in [0, 0.05) is 16.6 Å². The fourth-order valence-corrected chi connectivity index (χ4v) is 3.33. The number of carbonyl (C=O) groups excluding carboxylic acids is 1. The number of fused-ring (bicyclic) bond motifs is 3. The van der Waals surface area contributed by atoms with Crippen molar-refractivity contribution in [2.45, 2.75) is 33.4 Å². The first-order valence-electron chi connectivity index (χ1n) is 7.49. The van der Waals surface area contributed by atoms with Crippen molar-refractivity contribution in [1.82, 2.24) is 9.88 Å². The number of benzene rings is 1. The second-order valence-electron chi connectivity index (χ2n) is 7.04. The number of nitrogens with one attached hydrogen (secondary N) is 1. The second-order valence-corrected chi connectivity index (χ2v) is 7.04. The first-order chi connectivity index (χ1) is 11.1. The number of H-pyrrole nitrogens is 1. The van der Waals surface area contributed by atoms with Gasteiger partial charge < -0.3 is 10.1 Å². The zero-order valence-electron chi connectivity index (χ0n) is 13.5. The van der Waals surface area contributed by atoms with Gasteiger partial charge in [0.2, 0.25) is 0 Å². The highest BCUT2D eigenvalue weighted by molar-refractivity contribution is 6.13. The normalized spacial score (nSPS) is 17.9. The number of ketones is 1. The molecule has 2 N–H and O–H groups in total. The van der Waals surface area contributed by atoms with Crippen LogP contribution in [-0.2, 0) is 6.54 Å². The van der Waals surface area contributed by atoms with Gasteiger partial charge in [-0.15, -0.1) is 0 Å². The Kier molecular flexibility index (Phi) is 3.47. The molecule has 1 aliphatic rings. The predicted octanol–water partition coefficient (Wildman–Crippen LogP) is 2.76. The van der Waals surface area contributed by atoms with Crippen molar-refractivity contribution in [1.29, 1.82) is 0 Å². The van der Waals surface area contributed by atoms with Crippen LogP contribution in [-0.4, -0.2) is 32.9 Å². The maximum Gasteiger partial charge on any atom is 0.408 e. The van der Waals surface area contributed by atoms with Crippen LogP contribution < -0.4 is 5.56 Å². The summed E-state index contributed by atoms with van der Waals surface area (Å²) >= 11 is 0. The summed E-state index contributed by atoms with van der Waals surface area (Å²) in [6.07, 6.45) is -1.23.